The minimum absolute atomic E-state index is 0.0767. The summed E-state index contributed by atoms with van der Waals surface area (Å²) in [4.78, 5) is 39.6. The van der Waals surface area contributed by atoms with Gasteiger partial charge in [-0.25, -0.2) is 4.79 Å². The molecule has 0 radical (unpaired) electrons. The Labute approximate surface area is 101 Å². The highest BCUT2D eigenvalue weighted by Gasteiger charge is 2.41. The van der Waals surface area contributed by atoms with Crippen molar-refractivity contribution in [2.75, 3.05) is 0 Å². The van der Waals surface area contributed by atoms with Gasteiger partial charge in [-0.15, -0.1) is 5.06 Å². The van der Waals surface area contributed by atoms with Crippen molar-refractivity contribution >= 4 is 17.8 Å². The SMILES string of the molecule is CCC(C)(C(=O)ON1C(=O)CCC1=O)C(C)C. The van der Waals surface area contributed by atoms with Crippen molar-refractivity contribution in [1.29, 1.82) is 0 Å². The number of carbonyl (C=O) groups is 3. The Morgan fingerprint density at radius 2 is 1.82 bits per heavy atom. The Hall–Kier alpha value is -1.39. The fraction of sp³-hybridized carbons (Fsp3) is 0.750. The first kappa shape index (κ1) is 13.7. The van der Waals surface area contributed by atoms with Gasteiger partial charge in [0.05, 0.1) is 5.41 Å². The largest absolute Gasteiger partial charge is 0.339 e. The molecule has 1 fully saturated rings. The molecule has 0 spiro atoms. The van der Waals surface area contributed by atoms with E-state index >= 15 is 0 Å². The Morgan fingerprint density at radius 1 is 1.35 bits per heavy atom. The Morgan fingerprint density at radius 3 is 2.18 bits per heavy atom. The van der Waals surface area contributed by atoms with Gasteiger partial charge in [0.25, 0.3) is 11.8 Å². The summed E-state index contributed by atoms with van der Waals surface area (Å²) in [6.07, 6.45) is 0.840. The van der Waals surface area contributed by atoms with Crippen molar-refractivity contribution in [3.63, 3.8) is 0 Å². The summed E-state index contributed by atoms with van der Waals surface area (Å²) in [6.45, 7) is 7.50. The van der Waals surface area contributed by atoms with Crippen LogP contribution in [0.25, 0.3) is 0 Å². The molecule has 0 N–H and O–H groups in total. The van der Waals surface area contributed by atoms with Crippen molar-refractivity contribution in [1.82, 2.24) is 5.06 Å². The van der Waals surface area contributed by atoms with Crippen LogP contribution in [-0.2, 0) is 19.2 Å². The normalized spacial score (nSPS) is 19.7. The maximum atomic E-state index is 12.0. The molecule has 0 aromatic rings. The molecule has 1 heterocycles. The monoisotopic (exact) mass is 241 g/mol. The van der Waals surface area contributed by atoms with E-state index in [0.717, 1.165) is 0 Å². The summed E-state index contributed by atoms with van der Waals surface area (Å²) in [6, 6.07) is 0. The third-order valence-electron chi connectivity index (χ3n) is 3.66. The Kier molecular flexibility index (Phi) is 3.91. The summed E-state index contributed by atoms with van der Waals surface area (Å²) in [5.74, 6) is -1.32. The van der Waals surface area contributed by atoms with E-state index in [2.05, 4.69) is 0 Å². The first-order valence-corrected chi connectivity index (χ1v) is 5.91. The van der Waals surface area contributed by atoms with Crippen molar-refractivity contribution in [2.45, 2.75) is 47.0 Å². The zero-order valence-electron chi connectivity index (χ0n) is 10.8. The summed E-state index contributed by atoms with van der Waals surface area (Å²) in [7, 11) is 0. The van der Waals surface area contributed by atoms with Crippen molar-refractivity contribution in [3.05, 3.63) is 0 Å². The van der Waals surface area contributed by atoms with Gasteiger partial charge in [0.2, 0.25) is 0 Å². The van der Waals surface area contributed by atoms with E-state index in [-0.39, 0.29) is 18.8 Å². The molecule has 2 amide bonds. The van der Waals surface area contributed by atoms with Crippen LogP contribution >= 0.6 is 0 Å². The molecule has 1 atom stereocenters. The summed E-state index contributed by atoms with van der Waals surface area (Å²) in [5.41, 5.74) is -0.677. The van der Waals surface area contributed by atoms with Crippen molar-refractivity contribution in [2.24, 2.45) is 11.3 Å². The highest BCUT2D eigenvalue weighted by molar-refractivity contribution is 6.01. The summed E-state index contributed by atoms with van der Waals surface area (Å²) in [5, 5.41) is 0.610. The molecule has 0 aliphatic carbocycles. The predicted molar refractivity (Wildman–Crippen MR) is 60.4 cm³/mol. The minimum Gasteiger partial charge on any atom is -0.330 e. The van der Waals surface area contributed by atoms with Crippen LogP contribution in [0.15, 0.2) is 0 Å². The zero-order chi connectivity index (χ0) is 13.2. The number of imide groups is 1. The number of rotatable bonds is 4. The van der Waals surface area contributed by atoms with Gasteiger partial charge in [-0.05, 0) is 19.3 Å². The second-order valence-corrected chi connectivity index (χ2v) is 4.89. The molecule has 0 bridgehead atoms. The molecule has 5 nitrogen and oxygen atoms in total. The molecule has 5 heteroatoms. The lowest BCUT2D eigenvalue weighted by Crippen LogP contribution is -2.41. The molecular formula is C12H19NO4. The number of hydrogen-bond donors (Lipinski definition) is 0. The highest BCUT2D eigenvalue weighted by Crippen LogP contribution is 2.33. The smallest absolute Gasteiger partial charge is 0.330 e. The van der Waals surface area contributed by atoms with Crippen molar-refractivity contribution in [3.8, 4) is 0 Å². The van der Waals surface area contributed by atoms with E-state index in [1.807, 2.05) is 20.8 Å². The van der Waals surface area contributed by atoms with E-state index in [0.29, 0.717) is 11.5 Å². The first-order chi connectivity index (χ1) is 7.82. The third-order valence-corrected chi connectivity index (χ3v) is 3.66. The molecule has 0 aromatic heterocycles. The predicted octanol–water partition coefficient (Wildman–Crippen LogP) is 1.67. The van der Waals surface area contributed by atoms with E-state index in [1.165, 1.54) is 0 Å². The van der Waals surface area contributed by atoms with Gasteiger partial charge in [-0.1, -0.05) is 20.8 Å². The van der Waals surface area contributed by atoms with Gasteiger partial charge in [-0.3, -0.25) is 9.59 Å². The van der Waals surface area contributed by atoms with Gasteiger partial charge in [-0.2, -0.15) is 0 Å². The van der Waals surface area contributed by atoms with E-state index in [1.54, 1.807) is 6.92 Å². The topological polar surface area (TPSA) is 63.7 Å². The number of carbonyl (C=O) groups excluding carboxylic acids is 3. The molecule has 0 aromatic carbocycles. The van der Waals surface area contributed by atoms with Gasteiger partial charge in [0, 0.05) is 12.8 Å². The lowest BCUT2D eigenvalue weighted by atomic mass is 9.77. The molecule has 1 unspecified atom stereocenters. The fourth-order valence-corrected chi connectivity index (χ4v) is 1.63. The molecule has 17 heavy (non-hydrogen) atoms. The van der Waals surface area contributed by atoms with Gasteiger partial charge < -0.3 is 4.84 Å². The molecule has 0 saturated carbocycles. The second kappa shape index (κ2) is 4.85. The molecule has 1 saturated heterocycles. The van der Waals surface area contributed by atoms with E-state index in [4.69, 9.17) is 4.84 Å². The van der Waals surface area contributed by atoms with Crippen LogP contribution in [0.1, 0.15) is 47.0 Å². The van der Waals surface area contributed by atoms with Crippen LogP contribution in [-0.4, -0.2) is 22.8 Å². The van der Waals surface area contributed by atoms with Gasteiger partial charge >= 0.3 is 5.97 Å². The number of hydroxylamine groups is 2. The van der Waals surface area contributed by atoms with Crippen LogP contribution in [0.4, 0.5) is 0 Å². The average Bonchev–Trinajstić information content (AvgIpc) is 2.59. The quantitative estimate of drug-likeness (QED) is 0.702. The molecule has 96 valence electrons. The van der Waals surface area contributed by atoms with E-state index < -0.39 is 23.2 Å². The lowest BCUT2D eigenvalue weighted by Gasteiger charge is -2.30. The summed E-state index contributed by atoms with van der Waals surface area (Å²) >= 11 is 0. The number of nitrogens with zero attached hydrogens (tertiary/aromatic N) is 1. The Bertz CT molecular complexity index is 334. The van der Waals surface area contributed by atoms with Gasteiger partial charge in [0.15, 0.2) is 0 Å². The Balaban J connectivity index is 2.78. The second-order valence-electron chi connectivity index (χ2n) is 4.89. The first-order valence-electron chi connectivity index (χ1n) is 5.91. The lowest BCUT2D eigenvalue weighted by molar-refractivity contribution is -0.206. The molecular weight excluding hydrogens is 222 g/mol. The van der Waals surface area contributed by atoms with E-state index in [9.17, 15) is 14.4 Å². The molecule has 1 aliphatic rings. The molecule has 1 aliphatic heterocycles. The van der Waals surface area contributed by atoms with Gasteiger partial charge in [0.1, 0.15) is 0 Å². The number of hydrogen-bond acceptors (Lipinski definition) is 4. The fourth-order valence-electron chi connectivity index (χ4n) is 1.63. The van der Waals surface area contributed by atoms with Crippen LogP contribution in [0.5, 0.6) is 0 Å². The number of amides is 2. The highest BCUT2D eigenvalue weighted by atomic mass is 16.7. The third kappa shape index (κ3) is 2.48. The maximum Gasteiger partial charge on any atom is 0.339 e. The van der Waals surface area contributed by atoms with Crippen LogP contribution < -0.4 is 0 Å². The zero-order valence-corrected chi connectivity index (χ0v) is 10.8. The van der Waals surface area contributed by atoms with Crippen LogP contribution in [0, 0.1) is 11.3 Å². The van der Waals surface area contributed by atoms with Crippen LogP contribution in [0.2, 0.25) is 0 Å². The minimum atomic E-state index is -0.677. The maximum absolute atomic E-state index is 12.0. The molecule has 1 rings (SSSR count). The average molecular weight is 241 g/mol. The summed E-state index contributed by atoms with van der Waals surface area (Å²) < 4.78 is 0. The van der Waals surface area contributed by atoms with Crippen molar-refractivity contribution < 1.29 is 19.2 Å². The van der Waals surface area contributed by atoms with Crippen LogP contribution in [0.3, 0.4) is 0 Å². The standard InChI is InChI=1S/C12H19NO4/c1-5-12(4,8(2)3)11(16)17-13-9(14)6-7-10(13)15/h8H,5-7H2,1-4H3.